The molecule has 1 aliphatic rings. The zero-order valence-corrected chi connectivity index (χ0v) is 23.8. The van der Waals surface area contributed by atoms with E-state index in [0.29, 0.717) is 61.5 Å². The maximum absolute atomic E-state index is 13.4. The fraction of sp³-hybridized carbons (Fsp3) is 0.414. The van der Waals surface area contributed by atoms with Crippen LogP contribution in [-0.2, 0) is 27.2 Å². The number of amides is 4. The Kier molecular flexibility index (Phi) is 10.9. The van der Waals surface area contributed by atoms with Crippen molar-refractivity contribution >= 4 is 35.0 Å². The predicted molar refractivity (Wildman–Crippen MR) is 154 cm³/mol. The molecule has 0 spiro atoms. The van der Waals surface area contributed by atoms with Gasteiger partial charge in [0.2, 0.25) is 17.7 Å². The van der Waals surface area contributed by atoms with E-state index in [1.165, 1.54) is 11.3 Å². The SMILES string of the molecule is CC[C@H]1NC(=O)[C@@H](NC(=O)CCc2cnccn2)CCCCNC(=O)c2csc(n2)[C@H](Cc2ccccc2)NC1=O. The van der Waals surface area contributed by atoms with Gasteiger partial charge in [0.25, 0.3) is 5.91 Å². The molecule has 216 valence electrons. The monoisotopic (exact) mass is 577 g/mol. The molecule has 4 N–H and O–H groups in total. The Morgan fingerprint density at radius 3 is 2.61 bits per heavy atom. The summed E-state index contributed by atoms with van der Waals surface area (Å²) in [6, 6.07) is 7.55. The highest BCUT2D eigenvalue weighted by Crippen LogP contribution is 2.23. The fourth-order valence-electron chi connectivity index (χ4n) is 4.50. The summed E-state index contributed by atoms with van der Waals surface area (Å²) >= 11 is 1.31. The lowest BCUT2D eigenvalue weighted by atomic mass is 10.0. The molecule has 0 unspecified atom stereocenters. The quantitative estimate of drug-likeness (QED) is 0.336. The van der Waals surface area contributed by atoms with E-state index in [9.17, 15) is 19.2 Å². The molecule has 12 heteroatoms. The predicted octanol–water partition coefficient (Wildman–Crippen LogP) is 2.26. The molecule has 2 aromatic heterocycles. The first kappa shape index (κ1) is 29.8. The van der Waals surface area contributed by atoms with Gasteiger partial charge in [-0.05, 0) is 44.1 Å². The van der Waals surface area contributed by atoms with E-state index in [2.05, 4.69) is 36.2 Å². The van der Waals surface area contributed by atoms with Crippen LogP contribution in [0.15, 0.2) is 54.3 Å². The van der Waals surface area contributed by atoms with Gasteiger partial charge >= 0.3 is 0 Å². The van der Waals surface area contributed by atoms with Gasteiger partial charge in [0.1, 0.15) is 22.8 Å². The zero-order valence-electron chi connectivity index (χ0n) is 23.0. The van der Waals surface area contributed by atoms with Crippen molar-refractivity contribution in [3.8, 4) is 0 Å². The van der Waals surface area contributed by atoms with Crippen LogP contribution in [0, 0.1) is 0 Å². The molecule has 0 fully saturated rings. The first-order chi connectivity index (χ1) is 19.9. The number of thiazole rings is 1. The molecule has 1 aromatic carbocycles. The van der Waals surface area contributed by atoms with Crippen LogP contribution >= 0.6 is 11.3 Å². The molecule has 0 saturated carbocycles. The minimum atomic E-state index is -0.825. The van der Waals surface area contributed by atoms with Gasteiger partial charge in [-0.1, -0.05) is 37.3 Å². The standard InChI is InChI=1S/C29H35N7O4S/c1-2-21-27(39)35-23(16-19-8-4-3-5-9-19)29-36-24(18-41-29)26(38)32-13-7-6-10-22(28(40)34-21)33-25(37)12-11-20-17-30-14-15-31-20/h3-5,8-9,14-15,17-18,21-23H,2,6-7,10-13,16H2,1H3,(H,32,38)(H,33,37)(H,34,40)(H,35,39)/t21-,22+,23+/m1/s1. The Labute approximate surface area is 243 Å². The maximum Gasteiger partial charge on any atom is 0.270 e. The van der Waals surface area contributed by atoms with Gasteiger partial charge in [0.05, 0.1) is 11.7 Å². The van der Waals surface area contributed by atoms with Gasteiger partial charge in [-0.15, -0.1) is 11.3 Å². The van der Waals surface area contributed by atoms with E-state index < -0.39 is 24.0 Å². The molecule has 3 heterocycles. The van der Waals surface area contributed by atoms with Gasteiger partial charge in [-0.3, -0.25) is 29.1 Å². The van der Waals surface area contributed by atoms with Gasteiger partial charge in [-0.25, -0.2) is 4.98 Å². The van der Waals surface area contributed by atoms with Crippen molar-refractivity contribution in [2.75, 3.05) is 6.54 Å². The number of hydrogen-bond donors (Lipinski definition) is 4. The number of hydrogen-bond acceptors (Lipinski definition) is 8. The Hall–Kier alpha value is -4.19. The van der Waals surface area contributed by atoms with Crippen LogP contribution in [-0.4, -0.2) is 57.2 Å². The highest BCUT2D eigenvalue weighted by Gasteiger charge is 2.29. The summed E-state index contributed by atoms with van der Waals surface area (Å²) in [4.78, 5) is 65.0. The number of fused-ring (bicyclic) bond motifs is 2. The van der Waals surface area contributed by atoms with E-state index in [4.69, 9.17) is 0 Å². The normalized spacial score (nSPS) is 20.4. The molecule has 3 aromatic rings. The highest BCUT2D eigenvalue weighted by molar-refractivity contribution is 7.09. The summed E-state index contributed by atoms with van der Waals surface area (Å²) < 4.78 is 0. The first-order valence-electron chi connectivity index (χ1n) is 13.9. The Balaban J connectivity index is 1.50. The van der Waals surface area contributed by atoms with Crippen molar-refractivity contribution in [2.24, 2.45) is 0 Å². The molecule has 2 bridgehead atoms. The molecule has 4 rings (SSSR count). The lowest BCUT2D eigenvalue weighted by molar-refractivity contribution is -0.132. The van der Waals surface area contributed by atoms with E-state index in [0.717, 1.165) is 5.56 Å². The largest absolute Gasteiger partial charge is 0.351 e. The number of aromatic nitrogens is 3. The van der Waals surface area contributed by atoms with Gasteiger partial charge < -0.3 is 21.3 Å². The lowest BCUT2D eigenvalue weighted by Crippen LogP contribution is -2.54. The summed E-state index contributed by atoms with van der Waals surface area (Å²) in [6.45, 7) is 2.22. The number of carbonyl (C=O) groups is 4. The molecule has 1 aliphatic heterocycles. The van der Waals surface area contributed by atoms with Crippen LogP contribution < -0.4 is 21.3 Å². The number of nitrogens with zero attached hydrogens (tertiary/aromatic N) is 3. The van der Waals surface area contributed by atoms with Gasteiger partial charge in [0, 0.05) is 36.9 Å². The molecule has 0 aliphatic carbocycles. The molecule has 11 nitrogen and oxygen atoms in total. The smallest absolute Gasteiger partial charge is 0.270 e. The third-order valence-corrected chi connectivity index (χ3v) is 7.73. The number of rotatable bonds is 7. The van der Waals surface area contributed by atoms with Crippen LogP contribution in [0.5, 0.6) is 0 Å². The van der Waals surface area contributed by atoms with Crippen molar-refractivity contribution in [1.29, 1.82) is 0 Å². The Morgan fingerprint density at radius 2 is 1.85 bits per heavy atom. The number of carbonyl (C=O) groups excluding carboxylic acids is 4. The van der Waals surface area contributed by atoms with Crippen molar-refractivity contribution in [3.05, 3.63) is 76.3 Å². The molecule has 3 atom stereocenters. The maximum atomic E-state index is 13.4. The van der Waals surface area contributed by atoms with Gasteiger partial charge in [-0.2, -0.15) is 0 Å². The summed E-state index contributed by atoms with van der Waals surface area (Å²) in [5.41, 5.74) is 1.98. The number of nitrogens with one attached hydrogen (secondary N) is 4. The van der Waals surface area contributed by atoms with Crippen LogP contribution in [0.2, 0.25) is 0 Å². The van der Waals surface area contributed by atoms with Crippen molar-refractivity contribution in [3.63, 3.8) is 0 Å². The average molecular weight is 578 g/mol. The van der Waals surface area contributed by atoms with Crippen LogP contribution in [0.3, 0.4) is 0 Å². The first-order valence-corrected chi connectivity index (χ1v) is 14.7. The Bertz CT molecular complexity index is 1320. The average Bonchev–Trinajstić information content (AvgIpc) is 3.49. The second-order valence-electron chi connectivity index (χ2n) is 9.86. The second kappa shape index (κ2) is 15.0. The highest BCUT2D eigenvalue weighted by atomic mass is 32.1. The van der Waals surface area contributed by atoms with Crippen LogP contribution in [0.4, 0.5) is 0 Å². The molecular formula is C29H35N7O4S. The van der Waals surface area contributed by atoms with Crippen molar-refractivity contribution in [1.82, 2.24) is 36.2 Å². The number of benzene rings is 1. The van der Waals surface area contributed by atoms with Crippen molar-refractivity contribution in [2.45, 2.75) is 70.0 Å². The van der Waals surface area contributed by atoms with Gasteiger partial charge in [0.15, 0.2) is 0 Å². The summed E-state index contributed by atoms with van der Waals surface area (Å²) in [6.07, 6.45) is 7.62. The Morgan fingerprint density at radius 1 is 1.05 bits per heavy atom. The minimum Gasteiger partial charge on any atom is -0.351 e. The van der Waals surface area contributed by atoms with Crippen molar-refractivity contribution < 1.29 is 19.2 Å². The second-order valence-corrected chi connectivity index (χ2v) is 10.7. The van der Waals surface area contributed by atoms with E-state index >= 15 is 0 Å². The van der Waals surface area contributed by atoms with E-state index in [1.807, 2.05) is 37.3 Å². The molecule has 41 heavy (non-hydrogen) atoms. The number of aryl methyl sites for hydroxylation is 1. The fourth-order valence-corrected chi connectivity index (χ4v) is 5.35. The zero-order chi connectivity index (χ0) is 29.0. The van der Waals surface area contributed by atoms with E-state index in [1.54, 1.807) is 24.0 Å². The topological polar surface area (TPSA) is 155 Å². The third kappa shape index (κ3) is 8.90. The van der Waals surface area contributed by atoms with Crippen LogP contribution in [0.1, 0.15) is 71.8 Å². The summed E-state index contributed by atoms with van der Waals surface area (Å²) in [5, 5.41) is 13.9. The molecule has 0 radical (unpaired) electrons. The minimum absolute atomic E-state index is 0.145. The third-order valence-electron chi connectivity index (χ3n) is 6.77. The van der Waals surface area contributed by atoms with Crippen LogP contribution in [0.25, 0.3) is 0 Å². The van der Waals surface area contributed by atoms with E-state index in [-0.39, 0.29) is 24.1 Å². The molecular weight excluding hydrogens is 542 g/mol. The summed E-state index contributed by atoms with van der Waals surface area (Å²) in [5.74, 6) is -1.37. The lowest BCUT2D eigenvalue weighted by Gasteiger charge is -2.25. The summed E-state index contributed by atoms with van der Waals surface area (Å²) in [7, 11) is 0. The molecule has 0 saturated heterocycles. The molecule has 4 amide bonds.